The lowest BCUT2D eigenvalue weighted by molar-refractivity contribution is 0.414. The standard InChI is InChI=1S/C12H21N3O2S2/c1-2-11-10-18-12(14-11)9-13-19(16,17)15-7-5-3-4-6-8-15/h10,13H,2-9H2,1H3. The summed E-state index contributed by atoms with van der Waals surface area (Å²) in [5, 5.41) is 2.81. The van der Waals surface area contributed by atoms with Crippen molar-refractivity contribution >= 4 is 21.5 Å². The summed E-state index contributed by atoms with van der Waals surface area (Å²) in [7, 11) is -3.35. The van der Waals surface area contributed by atoms with E-state index < -0.39 is 10.2 Å². The highest BCUT2D eigenvalue weighted by atomic mass is 32.2. The van der Waals surface area contributed by atoms with Gasteiger partial charge in [-0.1, -0.05) is 19.8 Å². The Morgan fingerprint density at radius 2 is 2.00 bits per heavy atom. The zero-order valence-corrected chi connectivity index (χ0v) is 12.9. The van der Waals surface area contributed by atoms with Crippen LogP contribution in [-0.4, -0.2) is 30.8 Å². The summed E-state index contributed by atoms with van der Waals surface area (Å²) < 4.78 is 28.6. The number of thiazole rings is 1. The molecule has 0 aliphatic carbocycles. The molecular weight excluding hydrogens is 282 g/mol. The van der Waals surface area contributed by atoms with E-state index in [2.05, 4.69) is 9.71 Å². The molecule has 19 heavy (non-hydrogen) atoms. The maximum absolute atomic E-state index is 12.2. The molecule has 0 spiro atoms. The number of aryl methyl sites for hydroxylation is 1. The summed E-state index contributed by atoms with van der Waals surface area (Å²) in [6, 6.07) is 0. The van der Waals surface area contributed by atoms with Crippen LogP contribution in [0.15, 0.2) is 5.38 Å². The molecule has 1 aromatic rings. The average Bonchev–Trinajstić information content (AvgIpc) is 2.67. The van der Waals surface area contributed by atoms with Crippen LogP contribution < -0.4 is 4.72 Å². The van der Waals surface area contributed by atoms with Crippen molar-refractivity contribution < 1.29 is 8.42 Å². The predicted molar refractivity (Wildman–Crippen MR) is 77.3 cm³/mol. The minimum Gasteiger partial charge on any atom is -0.245 e. The zero-order chi connectivity index (χ0) is 13.7. The van der Waals surface area contributed by atoms with E-state index in [1.165, 1.54) is 11.3 Å². The van der Waals surface area contributed by atoms with E-state index in [1.807, 2.05) is 12.3 Å². The summed E-state index contributed by atoms with van der Waals surface area (Å²) in [6.07, 6.45) is 5.04. The van der Waals surface area contributed by atoms with Gasteiger partial charge in [-0.15, -0.1) is 11.3 Å². The molecule has 108 valence electrons. The molecule has 7 heteroatoms. The summed E-state index contributed by atoms with van der Waals surface area (Å²) in [4.78, 5) is 4.37. The Labute approximate surface area is 119 Å². The fourth-order valence-electron chi connectivity index (χ4n) is 2.12. The molecule has 1 saturated heterocycles. The SMILES string of the molecule is CCc1csc(CNS(=O)(=O)N2CCCCCC2)n1. The summed E-state index contributed by atoms with van der Waals surface area (Å²) in [6.45, 7) is 3.60. The maximum Gasteiger partial charge on any atom is 0.279 e. The molecule has 0 atom stereocenters. The molecule has 0 aromatic carbocycles. The van der Waals surface area contributed by atoms with Crippen LogP contribution in [0.5, 0.6) is 0 Å². The van der Waals surface area contributed by atoms with Gasteiger partial charge in [0.2, 0.25) is 0 Å². The summed E-state index contributed by atoms with van der Waals surface area (Å²) in [5.41, 5.74) is 1.02. The molecule has 0 saturated carbocycles. The minimum absolute atomic E-state index is 0.295. The lowest BCUT2D eigenvalue weighted by Crippen LogP contribution is -2.40. The van der Waals surface area contributed by atoms with E-state index in [0.29, 0.717) is 19.6 Å². The highest BCUT2D eigenvalue weighted by Crippen LogP contribution is 2.14. The minimum atomic E-state index is -3.35. The predicted octanol–water partition coefficient (Wildman–Crippen LogP) is 1.92. The van der Waals surface area contributed by atoms with Crippen molar-refractivity contribution in [3.8, 4) is 0 Å². The van der Waals surface area contributed by atoms with Crippen LogP contribution in [0.25, 0.3) is 0 Å². The van der Waals surface area contributed by atoms with E-state index in [4.69, 9.17) is 0 Å². The van der Waals surface area contributed by atoms with Crippen LogP contribution in [0.1, 0.15) is 43.3 Å². The fraction of sp³-hybridized carbons (Fsp3) is 0.750. The van der Waals surface area contributed by atoms with Crippen molar-refractivity contribution in [2.45, 2.75) is 45.6 Å². The number of rotatable bonds is 5. The number of nitrogens with zero attached hydrogens (tertiary/aromatic N) is 2. The van der Waals surface area contributed by atoms with E-state index in [1.54, 1.807) is 4.31 Å². The highest BCUT2D eigenvalue weighted by Gasteiger charge is 2.22. The second-order valence-electron chi connectivity index (χ2n) is 4.73. The van der Waals surface area contributed by atoms with Gasteiger partial charge in [0.15, 0.2) is 0 Å². The lowest BCUT2D eigenvalue weighted by atomic mass is 10.2. The molecule has 1 N–H and O–H groups in total. The molecule has 1 fully saturated rings. The van der Waals surface area contributed by atoms with Crippen LogP contribution >= 0.6 is 11.3 Å². The second kappa shape index (κ2) is 6.78. The Morgan fingerprint density at radius 3 is 2.58 bits per heavy atom. The molecule has 2 rings (SSSR count). The smallest absolute Gasteiger partial charge is 0.245 e. The van der Waals surface area contributed by atoms with Gasteiger partial charge in [0.1, 0.15) is 5.01 Å². The first-order valence-electron chi connectivity index (χ1n) is 6.80. The summed E-state index contributed by atoms with van der Waals surface area (Å²) in [5.74, 6) is 0. The van der Waals surface area contributed by atoms with Crippen molar-refractivity contribution in [3.63, 3.8) is 0 Å². The molecule has 1 aliphatic heterocycles. The Hall–Kier alpha value is -0.500. The second-order valence-corrected chi connectivity index (χ2v) is 7.42. The molecule has 0 unspecified atom stereocenters. The van der Waals surface area contributed by atoms with Gasteiger partial charge in [0.05, 0.1) is 12.2 Å². The van der Waals surface area contributed by atoms with Crippen molar-refractivity contribution in [2.75, 3.05) is 13.1 Å². The molecule has 0 amide bonds. The van der Waals surface area contributed by atoms with Crippen molar-refractivity contribution in [1.82, 2.24) is 14.0 Å². The van der Waals surface area contributed by atoms with Gasteiger partial charge in [-0.3, -0.25) is 0 Å². The largest absolute Gasteiger partial charge is 0.279 e. The van der Waals surface area contributed by atoms with Gasteiger partial charge in [0.25, 0.3) is 10.2 Å². The first kappa shape index (κ1) is 14.9. The number of hydrogen-bond acceptors (Lipinski definition) is 4. The third kappa shape index (κ3) is 4.24. The third-order valence-electron chi connectivity index (χ3n) is 3.27. The Morgan fingerprint density at radius 1 is 1.32 bits per heavy atom. The molecule has 1 aromatic heterocycles. The van der Waals surface area contributed by atoms with Crippen LogP contribution in [-0.2, 0) is 23.2 Å². The van der Waals surface area contributed by atoms with Gasteiger partial charge in [-0.2, -0.15) is 17.4 Å². The van der Waals surface area contributed by atoms with Gasteiger partial charge >= 0.3 is 0 Å². The van der Waals surface area contributed by atoms with E-state index in [-0.39, 0.29) is 0 Å². The maximum atomic E-state index is 12.2. The lowest BCUT2D eigenvalue weighted by Gasteiger charge is -2.19. The monoisotopic (exact) mass is 303 g/mol. The number of aromatic nitrogens is 1. The Balaban J connectivity index is 1.92. The van der Waals surface area contributed by atoms with Gasteiger partial charge in [0, 0.05) is 18.5 Å². The van der Waals surface area contributed by atoms with Crippen molar-refractivity contribution in [2.24, 2.45) is 0 Å². The summed E-state index contributed by atoms with van der Waals surface area (Å²) >= 11 is 1.51. The van der Waals surface area contributed by atoms with Crippen molar-refractivity contribution in [3.05, 3.63) is 16.1 Å². The van der Waals surface area contributed by atoms with Gasteiger partial charge < -0.3 is 0 Å². The van der Waals surface area contributed by atoms with Crippen molar-refractivity contribution in [1.29, 1.82) is 0 Å². The quantitative estimate of drug-likeness (QED) is 0.904. The van der Waals surface area contributed by atoms with Crippen LogP contribution in [0.3, 0.4) is 0 Å². The van der Waals surface area contributed by atoms with E-state index >= 15 is 0 Å². The van der Waals surface area contributed by atoms with Crippen LogP contribution in [0.4, 0.5) is 0 Å². The van der Waals surface area contributed by atoms with Gasteiger partial charge in [-0.05, 0) is 19.3 Å². The Bertz CT molecular complexity index is 491. The molecular formula is C12H21N3O2S2. The van der Waals surface area contributed by atoms with E-state index in [0.717, 1.165) is 42.8 Å². The topological polar surface area (TPSA) is 62.3 Å². The number of hydrogen-bond donors (Lipinski definition) is 1. The average molecular weight is 303 g/mol. The normalized spacial score (nSPS) is 18.4. The zero-order valence-electron chi connectivity index (χ0n) is 11.3. The molecule has 0 bridgehead atoms. The first-order valence-corrected chi connectivity index (χ1v) is 9.12. The van der Waals surface area contributed by atoms with E-state index in [9.17, 15) is 8.42 Å². The Kier molecular flexibility index (Phi) is 5.32. The first-order chi connectivity index (χ1) is 9.12. The molecule has 5 nitrogen and oxygen atoms in total. The van der Waals surface area contributed by atoms with Crippen LogP contribution in [0, 0.1) is 0 Å². The highest BCUT2D eigenvalue weighted by molar-refractivity contribution is 7.87. The van der Waals surface area contributed by atoms with Crippen LogP contribution in [0.2, 0.25) is 0 Å². The fourth-order valence-corrected chi connectivity index (χ4v) is 4.27. The molecule has 2 heterocycles. The molecule has 1 aliphatic rings. The number of nitrogens with one attached hydrogen (secondary N) is 1. The molecule has 0 radical (unpaired) electrons. The third-order valence-corrected chi connectivity index (χ3v) is 5.72. The van der Waals surface area contributed by atoms with Gasteiger partial charge in [-0.25, -0.2) is 4.98 Å².